The van der Waals surface area contributed by atoms with Gasteiger partial charge < -0.3 is 10.1 Å². The minimum Gasteiger partial charge on any atom is -0.484 e. The Bertz CT molecular complexity index is 887. The number of hydrogen-bond donors (Lipinski definition) is 1. The van der Waals surface area contributed by atoms with E-state index in [1.165, 1.54) is 18.2 Å². The van der Waals surface area contributed by atoms with Crippen LogP contribution in [0, 0.1) is 6.92 Å². The lowest BCUT2D eigenvalue weighted by molar-refractivity contribution is -0.118. The van der Waals surface area contributed by atoms with Gasteiger partial charge in [0.1, 0.15) is 5.75 Å². The van der Waals surface area contributed by atoms with E-state index >= 15 is 0 Å². The number of anilines is 1. The number of sulfone groups is 1. The van der Waals surface area contributed by atoms with Crippen molar-refractivity contribution >= 4 is 33.0 Å². The van der Waals surface area contributed by atoms with Crippen LogP contribution in [0.5, 0.6) is 5.75 Å². The molecule has 9 heteroatoms. The Labute approximate surface area is 148 Å². The van der Waals surface area contributed by atoms with Gasteiger partial charge >= 0.3 is 5.76 Å². The molecule has 0 atom stereocenters. The maximum Gasteiger partial charge on any atom is 0.341 e. The first-order chi connectivity index (χ1) is 11.7. The van der Waals surface area contributed by atoms with E-state index in [1.807, 2.05) is 0 Å². The van der Waals surface area contributed by atoms with Crippen molar-refractivity contribution in [1.29, 1.82) is 0 Å². The van der Waals surface area contributed by atoms with Gasteiger partial charge in [-0.05, 0) is 42.8 Å². The zero-order valence-corrected chi connectivity index (χ0v) is 14.6. The number of carbonyl (C=O) groups excluding carboxylic acids is 1. The van der Waals surface area contributed by atoms with Gasteiger partial charge in [0.25, 0.3) is 5.91 Å². The van der Waals surface area contributed by atoms with Crippen LogP contribution in [0.1, 0.15) is 5.56 Å². The van der Waals surface area contributed by atoms with Gasteiger partial charge in [-0.1, -0.05) is 23.7 Å². The van der Waals surface area contributed by atoms with Gasteiger partial charge in [0.2, 0.25) is 9.84 Å². The second-order valence-electron chi connectivity index (χ2n) is 5.05. The molecule has 0 saturated carbocycles. The van der Waals surface area contributed by atoms with Crippen LogP contribution in [0.25, 0.3) is 0 Å². The van der Waals surface area contributed by atoms with Crippen LogP contribution in [0.4, 0.5) is 14.5 Å². The minimum atomic E-state index is -4.83. The summed E-state index contributed by atoms with van der Waals surface area (Å²) in [5, 5.41) is 2.81. The summed E-state index contributed by atoms with van der Waals surface area (Å²) in [5.74, 6) is -3.88. The van der Waals surface area contributed by atoms with Crippen molar-refractivity contribution in [2.45, 2.75) is 17.6 Å². The largest absolute Gasteiger partial charge is 0.484 e. The number of aryl methyl sites for hydroxylation is 1. The molecule has 0 spiro atoms. The summed E-state index contributed by atoms with van der Waals surface area (Å²) in [6.07, 6.45) is 0. The van der Waals surface area contributed by atoms with Gasteiger partial charge in [-0.3, -0.25) is 4.79 Å². The minimum absolute atomic E-state index is 0.233. The molecule has 0 bridgehead atoms. The third-order valence-corrected chi connectivity index (χ3v) is 5.06. The molecule has 0 heterocycles. The standard InChI is InChI=1S/C16H14ClF2NO4S/c1-10-8-11(6-7-12(10)17)24-9-15(21)20-13-4-2-3-5-14(13)25(22,23)16(18)19/h2-8,16H,9H2,1H3,(H,20,21). The lowest BCUT2D eigenvalue weighted by atomic mass is 10.2. The Morgan fingerprint density at radius 2 is 1.92 bits per heavy atom. The van der Waals surface area contributed by atoms with Crippen molar-refractivity contribution in [2.75, 3.05) is 11.9 Å². The Morgan fingerprint density at radius 3 is 2.56 bits per heavy atom. The van der Waals surface area contributed by atoms with Crippen molar-refractivity contribution in [3.8, 4) is 5.75 Å². The monoisotopic (exact) mass is 389 g/mol. The molecule has 0 aliphatic heterocycles. The molecule has 0 fully saturated rings. The summed E-state index contributed by atoms with van der Waals surface area (Å²) < 4.78 is 54.0. The van der Waals surface area contributed by atoms with Crippen LogP contribution >= 0.6 is 11.6 Å². The molecule has 25 heavy (non-hydrogen) atoms. The number of alkyl halides is 2. The Morgan fingerprint density at radius 1 is 1.24 bits per heavy atom. The second kappa shape index (κ2) is 7.79. The number of hydrogen-bond acceptors (Lipinski definition) is 4. The summed E-state index contributed by atoms with van der Waals surface area (Å²) in [6.45, 7) is 1.34. The molecule has 2 aromatic carbocycles. The highest BCUT2D eigenvalue weighted by atomic mass is 35.5. The molecule has 0 radical (unpaired) electrons. The first-order valence-electron chi connectivity index (χ1n) is 7.01. The highest BCUT2D eigenvalue weighted by Crippen LogP contribution is 2.26. The summed E-state index contributed by atoms with van der Waals surface area (Å²) in [6, 6.07) is 9.73. The SMILES string of the molecule is Cc1cc(OCC(=O)Nc2ccccc2S(=O)(=O)C(F)F)ccc1Cl. The first kappa shape index (κ1) is 19.1. The Balaban J connectivity index is 2.10. The maximum atomic E-state index is 12.7. The van der Waals surface area contributed by atoms with Crippen LogP contribution in [-0.4, -0.2) is 26.7 Å². The molecule has 0 saturated heterocycles. The summed E-state index contributed by atoms with van der Waals surface area (Å²) in [5.41, 5.74) is 0.525. The second-order valence-corrected chi connectivity index (χ2v) is 7.34. The van der Waals surface area contributed by atoms with Crippen LogP contribution in [0.2, 0.25) is 5.02 Å². The fourth-order valence-electron chi connectivity index (χ4n) is 1.96. The lowest BCUT2D eigenvalue weighted by Crippen LogP contribution is -2.22. The third kappa shape index (κ3) is 4.67. The van der Waals surface area contributed by atoms with Gasteiger partial charge in [-0.2, -0.15) is 8.78 Å². The van der Waals surface area contributed by atoms with Gasteiger partial charge in [0, 0.05) is 5.02 Å². The maximum absolute atomic E-state index is 12.7. The van der Waals surface area contributed by atoms with Crippen LogP contribution in [0.3, 0.4) is 0 Å². The van der Waals surface area contributed by atoms with E-state index in [4.69, 9.17) is 16.3 Å². The van der Waals surface area contributed by atoms with Gasteiger partial charge in [-0.15, -0.1) is 0 Å². The van der Waals surface area contributed by atoms with E-state index in [0.29, 0.717) is 10.8 Å². The first-order valence-corrected chi connectivity index (χ1v) is 8.94. The molecular weight excluding hydrogens is 376 g/mol. The van der Waals surface area contributed by atoms with E-state index in [0.717, 1.165) is 11.6 Å². The molecule has 2 aromatic rings. The highest BCUT2D eigenvalue weighted by Gasteiger charge is 2.29. The normalized spacial score (nSPS) is 11.4. The summed E-state index contributed by atoms with van der Waals surface area (Å²) in [4.78, 5) is 11.3. The zero-order chi connectivity index (χ0) is 18.6. The molecule has 2 rings (SSSR count). The fourth-order valence-corrected chi connectivity index (χ4v) is 2.96. The fraction of sp³-hybridized carbons (Fsp3) is 0.188. The highest BCUT2D eigenvalue weighted by molar-refractivity contribution is 7.91. The number of para-hydroxylation sites is 1. The predicted molar refractivity (Wildman–Crippen MR) is 89.9 cm³/mol. The Hall–Kier alpha value is -2.19. The van der Waals surface area contributed by atoms with E-state index in [-0.39, 0.29) is 5.69 Å². The number of halogens is 3. The molecule has 134 valence electrons. The van der Waals surface area contributed by atoms with Crippen molar-refractivity contribution in [3.05, 3.63) is 53.1 Å². The number of benzene rings is 2. The average molecular weight is 390 g/mol. The summed E-state index contributed by atoms with van der Waals surface area (Å²) >= 11 is 5.88. The molecule has 1 amide bonds. The van der Waals surface area contributed by atoms with Crippen molar-refractivity contribution < 1.29 is 26.7 Å². The number of amides is 1. The van der Waals surface area contributed by atoms with E-state index < -0.39 is 33.0 Å². The van der Waals surface area contributed by atoms with Crippen molar-refractivity contribution in [2.24, 2.45) is 0 Å². The van der Waals surface area contributed by atoms with Gasteiger partial charge in [-0.25, -0.2) is 8.42 Å². The summed E-state index contributed by atoms with van der Waals surface area (Å²) in [7, 11) is -4.83. The van der Waals surface area contributed by atoms with E-state index in [1.54, 1.807) is 25.1 Å². The lowest BCUT2D eigenvalue weighted by Gasteiger charge is -2.12. The molecule has 5 nitrogen and oxygen atoms in total. The van der Waals surface area contributed by atoms with Gasteiger partial charge in [0.15, 0.2) is 6.61 Å². The molecule has 0 aromatic heterocycles. The quantitative estimate of drug-likeness (QED) is 0.818. The molecule has 0 aliphatic rings. The van der Waals surface area contributed by atoms with Crippen LogP contribution < -0.4 is 10.1 Å². The van der Waals surface area contributed by atoms with Crippen LogP contribution in [0.15, 0.2) is 47.4 Å². The molecular formula is C16H14ClF2NO4S. The number of carbonyl (C=O) groups is 1. The van der Waals surface area contributed by atoms with Crippen molar-refractivity contribution in [1.82, 2.24) is 0 Å². The average Bonchev–Trinajstić information content (AvgIpc) is 2.56. The zero-order valence-electron chi connectivity index (χ0n) is 13.0. The Kier molecular flexibility index (Phi) is 5.97. The molecule has 1 N–H and O–H groups in total. The smallest absolute Gasteiger partial charge is 0.341 e. The molecule has 0 unspecified atom stereocenters. The molecule has 0 aliphatic carbocycles. The topological polar surface area (TPSA) is 72.5 Å². The number of rotatable bonds is 6. The van der Waals surface area contributed by atoms with E-state index in [2.05, 4.69) is 5.32 Å². The van der Waals surface area contributed by atoms with Gasteiger partial charge in [0.05, 0.1) is 10.6 Å². The third-order valence-electron chi connectivity index (χ3n) is 3.20. The van der Waals surface area contributed by atoms with Crippen molar-refractivity contribution in [3.63, 3.8) is 0 Å². The van der Waals surface area contributed by atoms with E-state index in [9.17, 15) is 22.0 Å². The number of ether oxygens (including phenoxy) is 1. The predicted octanol–water partition coefficient (Wildman–Crippen LogP) is 3.66. The van der Waals surface area contributed by atoms with Crippen LogP contribution in [-0.2, 0) is 14.6 Å². The number of nitrogens with one attached hydrogen (secondary N) is 1.